The summed E-state index contributed by atoms with van der Waals surface area (Å²) in [6.45, 7) is 4.76. The minimum atomic E-state index is -0.0366. The Balaban J connectivity index is 1.52. The van der Waals surface area contributed by atoms with Crippen LogP contribution in [0.1, 0.15) is 25.0 Å². The van der Waals surface area contributed by atoms with E-state index in [1.54, 1.807) is 0 Å². The van der Waals surface area contributed by atoms with Gasteiger partial charge in [-0.15, -0.1) is 0 Å². The van der Waals surface area contributed by atoms with Gasteiger partial charge in [0, 0.05) is 27.1 Å². The average molecular weight is 434 g/mol. The summed E-state index contributed by atoms with van der Waals surface area (Å²) in [6.07, 6.45) is 0. The smallest absolute Gasteiger partial charge is 0.0544 e. The Bertz CT molecular complexity index is 1980. The second-order valence-electron chi connectivity index (χ2n) is 10.3. The van der Waals surface area contributed by atoms with E-state index in [-0.39, 0.29) is 5.41 Å². The maximum absolute atomic E-state index is 3.74. The highest BCUT2D eigenvalue weighted by Gasteiger charge is 2.37. The fraction of sp³-hybridized carbons (Fsp3) is 0.0909. The van der Waals surface area contributed by atoms with Crippen LogP contribution in [-0.4, -0.2) is 4.98 Å². The molecule has 1 heteroatoms. The molecule has 1 aliphatic carbocycles. The Morgan fingerprint density at radius 2 is 1.26 bits per heavy atom. The van der Waals surface area contributed by atoms with Crippen molar-refractivity contribution in [3.05, 3.63) is 108 Å². The molecule has 0 unspecified atom stereocenters. The highest BCUT2D eigenvalue weighted by molar-refractivity contribution is 6.20. The fourth-order valence-electron chi connectivity index (χ4n) is 6.56. The molecule has 1 aromatic heterocycles. The molecule has 0 saturated carbocycles. The van der Waals surface area contributed by atoms with Gasteiger partial charge in [0.1, 0.15) is 0 Å². The van der Waals surface area contributed by atoms with Crippen molar-refractivity contribution in [2.45, 2.75) is 19.3 Å². The molecule has 0 bridgehead atoms. The van der Waals surface area contributed by atoms with Gasteiger partial charge in [-0.3, -0.25) is 0 Å². The van der Waals surface area contributed by atoms with Crippen LogP contribution in [0.3, 0.4) is 0 Å². The molecule has 6 aromatic carbocycles. The van der Waals surface area contributed by atoms with Gasteiger partial charge in [0.15, 0.2) is 0 Å². The van der Waals surface area contributed by atoms with Crippen molar-refractivity contribution in [3.8, 4) is 11.1 Å². The third-order valence-electron chi connectivity index (χ3n) is 8.13. The Hall–Kier alpha value is -4.10. The van der Waals surface area contributed by atoms with Crippen molar-refractivity contribution < 1.29 is 0 Å². The van der Waals surface area contributed by atoms with Crippen molar-refractivity contribution in [3.63, 3.8) is 0 Å². The molecule has 1 heterocycles. The van der Waals surface area contributed by atoms with Crippen molar-refractivity contribution >= 4 is 54.1 Å². The quantitative estimate of drug-likeness (QED) is 0.245. The van der Waals surface area contributed by atoms with Gasteiger partial charge >= 0.3 is 0 Å². The van der Waals surface area contributed by atoms with Gasteiger partial charge in [0.05, 0.1) is 5.52 Å². The highest BCUT2D eigenvalue weighted by atomic mass is 14.7. The van der Waals surface area contributed by atoms with E-state index in [1.807, 2.05) is 0 Å². The molecule has 1 aliphatic rings. The monoisotopic (exact) mass is 433 g/mol. The minimum Gasteiger partial charge on any atom is -0.354 e. The maximum Gasteiger partial charge on any atom is 0.0544 e. The number of aromatic amines is 1. The van der Waals surface area contributed by atoms with Gasteiger partial charge in [-0.1, -0.05) is 98.8 Å². The van der Waals surface area contributed by atoms with Crippen LogP contribution >= 0.6 is 0 Å². The van der Waals surface area contributed by atoms with Crippen LogP contribution < -0.4 is 0 Å². The second kappa shape index (κ2) is 6.07. The number of H-pyrrole nitrogens is 1. The lowest BCUT2D eigenvalue weighted by atomic mass is 9.80. The number of hydrogen-bond acceptors (Lipinski definition) is 0. The van der Waals surface area contributed by atoms with Gasteiger partial charge in [-0.05, 0) is 61.3 Å². The SMILES string of the molecule is CC1(C)c2ccc3cc4[nH]c5c6ccccc6ccc5c4cc3c2-c2ccc3ccccc3c21. The third-order valence-corrected chi connectivity index (χ3v) is 8.13. The summed E-state index contributed by atoms with van der Waals surface area (Å²) < 4.78 is 0. The molecule has 1 N–H and O–H groups in total. The molecule has 160 valence electrons. The van der Waals surface area contributed by atoms with Crippen LogP contribution in [0, 0.1) is 0 Å². The Morgan fingerprint density at radius 3 is 2.12 bits per heavy atom. The van der Waals surface area contributed by atoms with E-state index in [1.165, 1.54) is 76.4 Å². The molecule has 0 aliphatic heterocycles. The van der Waals surface area contributed by atoms with Gasteiger partial charge in [0.2, 0.25) is 0 Å². The van der Waals surface area contributed by atoms with E-state index in [9.17, 15) is 0 Å². The molecule has 34 heavy (non-hydrogen) atoms. The summed E-state index contributed by atoms with van der Waals surface area (Å²) in [6, 6.07) is 36.0. The van der Waals surface area contributed by atoms with E-state index >= 15 is 0 Å². The van der Waals surface area contributed by atoms with Crippen LogP contribution in [0.5, 0.6) is 0 Å². The normalized spacial score (nSPS) is 14.4. The Kier molecular flexibility index (Phi) is 3.27. The Labute approximate surface area is 197 Å². The average Bonchev–Trinajstić information content (AvgIpc) is 3.35. The van der Waals surface area contributed by atoms with Crippen molar-refractivity contribution in [2.75, 3.05) is 0 Å². The van der Waals surface area contributed by atoms with Crippen molar-refractivity contribution in [1.29, 1.82) is 0 Å². The summed E-state index contributed by atoms with van der Waals surface area (Å²) in [5.41, 5.74) is 8.07. The van der Waals surface area contributed by atoms with Crippen LogP contribution in [0.25, 0.3) is 65.3 Å². The third kappa shape index (κ3) is 2.15. The molecule has 0 saturated heterocycles. The Morgan fingerprint density at radius 1 is 0.559 bits per heavy atom. The topological polar surface area (TPSA) is 15.8 Å². The predicted molar refractivity (Wildman–Crippen MR) is 146 cm³/mol. The number of benzene rings is 6. The number of rotatable bonds is 0. The molecule has 0 atom stereocenters. The van der Waals surface area contributed by atoms with Crippen LogP contribution in [0.15, 0.2) is 97.1 Å². The first kappa shape index (κ1) is 18.3. The first-order valence-electron chi connectivity index (χ1n) is 12.0. The molecule has 0 fully saturated rings. The van der Waals surface area contributed by atoms with Gasteiger partial charge in [-0.2, -0.15) is 0 Å². The van der Waals surface area contributed by atoms with Crippen LogP contribution in [0.4, 0.5) is 0 Å². The maximum atomic E-state index is 3.74. The lowest BCUT2D eigenvalue weighted by Crippen LogP contribution is -2.15. The van der Waals surface area contributed by atoms with Crippen molar-refractivity contribution in [1.82, 2.24) is 4.98 Å². The van der Waals surface area contributed by atoms with E-state index in [0.29, 0.717) is 0 Å². The standard InChI is InChI=1S/C33H23N/c1-33(2)28-16-13-21-17-29-27(24-14-11-20-8-4-6-10-23(20)32(24)34-29)18-26(21)30(28)25-15-12-19-7-3-5-9-22(19)31(25)33/h3-18,34H,1-2H3. The van der Waals surface area contributed by atoms with Gasteiger partial charge in [-0.25, -0.2) is 0 Å². The molecule has 0 spiro atoms. The molecule has 7 aromatic rings. The van der Waals surface area contributed by atoms with E-state index in [2.05, 4.69) is 116 Å². The zero-order chi connectivity index (χ0) is 22.6. The number of hydrogen-bond donors (Lipinski definition) is 1. The minimum absolute atomic E-state index is 0.0366. The summed E-state index contributed by atoms with van der Waals surface area (Å²) in [7, 11) is 0. The van der Waals surface area contributed by atoms with Gasteiger partial charge in [0.25, 0.3) is 0 Å². The lowest BCUT2D eigenvalue weighted by molar-refractivity contribution is 0.667. The molecule has 8 rings (SSSR count). The summed E-state index contributed by atoms with van der Waals surface area (Å²) in [5.74, 6) is 0. The first-order chi connectivity index (χ1) is 16.6. The number of fused-ring (bicyclic) bond motifs is 12. The van der Waals surface area contributed by atoms with Crippen LogP contribution in [0.2, 0.25) is 0 Å². The summed E-state index contributed by atoms with van der Waals surface area (Å²) >= 11 is 0. The predicted octanol–water partition coefficient (Wildman–Crippen LogP) is 9.09. The van der Waals surface area contributed by atoms with Gasteiger partial charge < -0.3 is 4.98 Å². The molecular formula is C33H23N. The molecule has 1 nitrogen and oxygen atoms in total. The summed E-state index contributed by atoms with van der Waals surface area (Å²) in [5, 5.41) is 10.5. The van der Waals surface area contributed by atoms with E-state index in [0.717, 1.165) is 0 Å². The van der Waals surface area contributed by atoms with E-state index in [4.69, 9.17) is 0 Å². The zero-order valence-corrected chi connectivity index (χ0v) is 19.2. The van der Waals surface area contributed by atoms with E-state index < -0.39 is 0 Å². The lowest BCUT2D eigenvalue weighted by Gasteiger charge is -2.23. The number of nitrogens with one attached hydrogen (secondary N) is 1. The van der Waals surface area contributed by atoms with Crippen LogP contribution in [-0.2, 0) is 5.41 Å². The molecule has 0 radical (unpaired) electrons. The molecule has 0 amide bonds. The second-order valence-corrected chi connectivity index (χ2v) is 10.3. The molecular weight excluding hydrogens is 410 g/mol. The largest absolute Gasteiger partial charge is 0.354 e. The first-order valence-corrected chi connectivity index (χ1v) is 12.0. The summed E-state index contributed by atoms with van der Waals surface area (Å²) in [4.78, 5) is 3.74. The number of aromatic nitrogens is 1. The zero-order valence-electron chi connectivity index (χ0n) is 19.2. The van der Waals surface area contributed by atoms with Crippen molar-refractivity contribution in [2.24, 2.45) is 0 Å². The fourth-order valence-corrected chi connectivity index (χ4v) is 6.56. The highest BCUT2D eigenvalue weighted by Crippen LogP contribution is 2.54.